The van der Waals surface area contributed by atoms with Crippen molar-refractivity contribution in [3.8, 4) is 11.1 Å². The molecule has 0 aliphatic rings. The number of nitrogens with zero attached hydrogens (tertiary/aromatic N) is 1. The molecule has 9 nitrogen and oxygen atoms in total. The molecule has 3 aromatic carbocycles. The van der Waals surface area contributed by atoms with Crippen LogP contribution in [0.3, 0.4) is 0 Å². The van der Waals surface area contributed by atoms with E-state index in [-0.39, 0.29) is 17.8 Å². The molecule has 0 spiro atoms. The van der Waals surface area contributed by atoms with E-state index >= 15 is 0 Å². The molecule has 3 aromatic rings. The Balaban J connectivity index is 1.78. The van der Waals surface area contributed by atoms with E-state index < -0.39 is 32.9 Å². The highest BCUT2D eigenvalue weighted by atomic mass is 32.2. The summed E-state index contributed by atoms with van der Waals surface area (Å²) < 4.78 is 24.8. The average molecular weight is 441 g/mol. The monoisotopic (exact) mass is 441 g/mol. The van der Waals surface area contributed by atoms with Crippen LogP contribution in [0.1, 0.15) is 5.56 Å². The minimum Gasteiger partial charge on any atom is -0.480 e. The topological polar surface area (TPSA) is 142 Å². The summed E-state index contributed by atoms with van der Waals surface area (Å²) >= 11 is 0. The second-order valence-electron chi connectivity index (χ2n) is 6.93. The van der Waals surface area contributed by atoms with Gasteiger partial charge < -0.3 is 10.4 Å². The molecular formula is C21H19N3O6S. The van der Waals surface area contributed by atoms with E-state index in [1.54, 1.807) is 42.5 Å². The predicted molar refractivity (Wildman–Crippen MR) is 119 cm³/mol. The molecule has 0 saturated carbocycles. The van der Waals surface area contributed by atoms with Gasteiger partial charge in [-0.05, 0) is 42.0 Å². The number of hydrogen-bond donors (Lipinski definition) is 3. The number of nitrogens with one attached hydrogen (secondary N) is 2. The van der Waals surface area contributed by atoms with Crippen LogP contribution in [0.4, 0.5) is 17.1 Å². The standard InChI is InChI=1S/C21H19N3O6S/c1-22-17-18(20(26)19(17)25)23-15-5-3-4-14(11-15)13-8-6-12(7-9-13)10-16(21(27)28)24-31(2,29)30/h3-9,11,16,23-24H,1,10H2,2H3,(H,27,28). The fraction of sp³-hybridized carbons (Fsp3) is 0.143. The molecule has 0 bridgehead atoms. The number of anilines is 2. The number of carboxylic acid groups (broad SMARTS) is 1. The van der Waals surface area contributed by atoms with Crippen LogP contribution < -0.4 is 20.9 Å². The van der Waals surface area contributed by atoms with Gasteiger partial charge in [0.15, 0.2) is 0 Å². The number of aliphatic carboxylic acids is 1. The van der Waals surface area contributed by atoms with Gasteiger partial charge in [0, 0.05) is 5.69 Å². The smallest absolute Gasteiger partial charge is 0.322 e. The number of benzene rings is 2. The van der Waals surface area contributed by atoms with E-state index in [2.05, 4.69) is 21.7 Å². The highest BCUT2D eigenvalue weighted by Crippen LogP contribution is 2.27. The molecule has 1 atom stereocenters. The van der Waals surface area contributed by atoms with Gasteiger partial charge in [-0.25, -0.2) is 13.1 Å². The second kappa shape index (κ2) is 8.62. The molecule has 10 heteroatoms. The lowest BCUT2D eigenvalue weighted by Gasteiger charge is -2.14. The minimum atomic E-state index is -3.66. The quantitative estimate of drug-likeness (QED) is 0.338. The zero-order valence-electron chi connectivity index (χ0n) is 16.5. The van der Waals surface area contributed by atoms with Crippen molar-refractivity contribution < 1.29 is 18.3 Å². The van der Waals surface area contributed by atoms with Crippen LogP contribution in [-0.2, 0) is 21.2 Å². The van der Waals surface area contributed by atoms with E-state index in [1.165, 1.54) is 0 Å². The predicted octanol–water partition coefficient (Wildman–Crippen LogP) is 1.57. The molecule has 0 amide bonds. The first kappa shape index (κ1) is 22.1. The molecule has 0 heterocycles. The largest absolute Gasteiger partial charge is 0.480 e. The van der Waals surface area contributed by atoms with Gasteiger partial charge in [0.25, 0.3) is 10.9 Å². The summed E-state index contributed by atoms with van der Waals surface area (Å²) in [5, 5.41) is 12.1. The molecule has 0 aliphatic heterocycles. The molecule has 3 rings (SSSR count). The zero-order valence-corrected chi connectivity index (χ0v) is 17.3. The SMILES string of the molecule is C=Nc1c(Nc2cccc(-c3ccc(CC(NS(C)(=O)=O)C(=O)O)cc3)c2)c(=O)c1=O. The van der Waals surface area contributed by atoms with Gasteiger partial charge in [-0.15, -0.1) is 0 Å². The molecular weight excluding hydrogens is 422 g/mol. The maximum Gasteiger partial charge on any atom is 0.322 e. The Bertz CT molecular complexity index is 1320. The van der Waals surface area contributed by atoms with Crippen molar-refractivity contribution in [2.75, 3.05) is 11.6 Å². The first-order chi connectivity index (χ1) is 14.6. The summed E-state index contributed by atoms with van der Waals surface area (Å²) in [5.41, 5.74) is 1.66. The molecule has 0 aliphatic carbocycles. The number of hydrogen-bond acceptors (Lipinski definition) is 7. The van der Waals surface area contributed by atoms with Crippen LogP contribution in [0.25, 0.3) is 11.1 Å². The van der Waals surface area contributed by atoms with Gasteiger partial charge in [0.05, 0.1) is 6.26 Å². The molecule has 0 saturated heterocycles. The summed E-state index contributed by atoms with van der Waals surface area (Å²) in [4.78, 5) is 38.0. The number of sulfonamides is 1. The van der Waals surface area contributed by atoms with Gasteiger partial charge in [0.1, 0.15) is 17.4 Å². The van der Waals surface area contributed by atoms with Gasteiger partial charge >= 0.3 is 5.97 Å². The lowest BCUT2D eigenvalue weighted by molar-refractivity contribution is -0.138. The molecule has 160 valence electrons. The van der Waals surface area contributed by atoms with Crippen LogP contribution in [0, 0.1) is 0 Å². The Morgan fingerprint density at radius 3 is 2.35 bits per heavy atom. The van der Waals surface area contributed by atoms with E-state index in [0.717, 1.165) is 17.4 Å². The van der Waals surface area contributed by atoms with E-state index in [4.69, 9.17) is 0 Å². The summed E-state index contributed by atoms with van der Waals surface area (Å²) in [6, 6.07) is 12.9. The first-order valence-corrected chi connectivity index (χ1v) is 10.9. The third-order valence-corrected chi connectivity index (χ3v) is 5.27. The highest BCUT2D eigenvalue weighted by Gasteiger charge is 2.22. The molecule has 31 heavy (non-hydrogen) atoms. The Morgan fingerprint density at radius 2 is 1.77 bits per heavy atom. The molecule has 0 fully saturated rings. The number of aliphatic imine (C=N–C) groups is 1. The van der Waals surface area contributed by atoms with Gasteiger partial charge in [0.2, 0.25) is 10.0 Å². The Labute approximate surface area is 177 Å². The zero-order chi connectivity index (χ0) is 22.8. The van der Waals surface area contributed by atoms with Crippen molar-refractivity contribution in [2.45, 2.75) is 12.5 Å². The van der Waals surface area contributed by atoms with E-state index in [1.807, 2.05) is 6.07 Å². The number of carbonyl (C=O) groups is 1. The minimum absolute atomic E-state index is 0.00803. The summed E-state index contributed by atoms with van der Waals surface area (Å²) in [6.45, 7) is 3.29. The third kappa shape index (κ3) is 5.11. The molecule has 0 aromatic heterocycles. The summed E-state index contributed by atoms with van der Waals surface area (Å²) in [7, 11) is -3.66. The fourth-order valence-corrected chi connectivity index (χ4v) is 3.78. The van der Waals surface area contributed by atoms with E-state index in [0.29, 0.717) is 11.3 Å². The first-order valence-electron chi connectivity index (χ1n) is 9.05. The van der Waals surface area contributed by atoms with Crippen LogP contribution in [0.5, 0.6) is 0 Å². The van der Waals surface area contributed by atoms with Crippen LogP contribution >= 0.6 is 0 Å². The van der Waals surface area contributed by atoms with Crippen molar-refractivity contribution in [2.24, 2.45) is 4.99 Å². The second-order valence-corrected chi connectivity index (χ2v) is 8.71. The summed E-state index contributed by atoms with van der Waals surface area (Å²) in [5.74, 6) is -1.26. The normalized spacial score (nSPS) is 12.4. The van der Waals surface area contributed by atoms with Crippen LogP contribution in [0.2, 0.25) is 0 Å². The van der Waals surface area contributed by atoms with Crippen molar-refractivity contribution in [3.05, 3.63) is 74.5 Å². The van der Waals surface area contributed by atoms with Crippen molar-refractivity contribution in [3.63, 3.8) is 0 Å². The number of carboxylic acids is 1. The highest BCUT2D eigenvalue weighted by molar-refractivity contribution is 7.88. The Morgan fingerprint density at radius 1 is 1.10 bits per heavy atom. The summed E-state index contributed by atoms with van der Waals surface area (Å²) in [6.07, 6.45) is 0.899. The Kier molecular flexibility index (Phi) is 6.14. The lowest BCUT2D eigenvalue weighted by atomic mass is 10.0. The Hall–Kier alpha value is -3.63. The van der Waals surface area contributed by atoms with Crippen LogP contribution in [0.15, 0.2) is 63.1 Å². The van der Waals surface area contributed by atoms with Gasteiger partial charge in [-0.3, -0.25) is 19.4 Å². The molecule has 3 N–H and O–H groups in total. The van der Waals surface area contributed by atoms with E-state index in [9.17, 15) is 27.9 Å². The number of rotatable bonds is 9. The third-order valence-electron chi connectivity index (χ3n) is 4.56. The fourth-order valence-electron chi connectivity index (χ4n) is 3.07. The van der Waals surface area contributed by atoms with Crippen molar-refractivity contribution in [1.82, 2.24) is 4.72 Å². The lowest BCUT2D eigenvalue weighted by Crippen LogP contribution is -2.41. The van der Waals surface area contributed by atoms with Gasteiger partial charge in [-0.1, -0.05) is 36.4 Å². The van der Waals surface area contributed by atoms with Crippen molar-refractivity contribution >= 4 is 39.8 Å². The maximum atomic E-state index is 11.7. The van der Waals surface area contributed by atoms with Crippen molar-refractivity contribution in [1.29, 1.82) is 0 Å². The maximum absolute atomic E-state index is 11.7. The van der Waals surface area contributed by atoms with Crippen LogP contribution in [-0.4, -0.2) is 38.5 Å². The van der Waals surface area contributed by atoms with Gasteiger partial charge in [-0.2, -0.15) is 0 Å². The average Bonchev–Trinajstić information content (AvgIpc) is 2.72. The molecule has 0 radical (unpaired) electrons. The molecule has 1 unspecified atom stereocenters.